The van der Waals surface area contributed by atoms with E-state index in [1.54, 1.807) is 0 Å². The first-order chi connectivity index (χ1) is 9.69. The van der Waals surface area contributed by atoms with Gasteiger partial charge in [0.05, 0.1) is 9.39 Å². The highest BCUT2D eigenvalue weighted by Crippen LogP contribution is 2.32. The summed E-state index contributed by atoms with van der Waals surface area (Å²) in [5.74, 6) is 0. The van der Waals surface area contributed by atoms with E-state index >= 15 is 0 Å². The van der Waals surface area contributed by atoms with Crippen molar-refractivity contribution >= 4 is 39.3 Å². The summed E-state index contributed by atoms with van der Waals surface area (Å²) in [6, 6.07) is 18.2. The lowest BCUT2D eigenvalue weighted by Crippen LogP contribution is -1.91. The fourth-order valence-corrected chi connectivity index (χ4v) is 3.25. The van der Waals surface area contributed by atoms with Gasteiger partial charge in [-0.3, -0.25) is 0 Å². The fourth-order valence-electron chi connectivity index (χ4n) is 2.21. The van der Waals surface area contributed by atoms with E-state index in [-0.39, 0.29) is 0 Å². The lowest BCUT2D eigenvalue weighted by molar-refractivity contribution is 1.50. The lowest BCUT2D eigenvalue weighted by Gasteiger charge is -2.07. The summed E-state index contributed by atoms with van der Waals surface area (Å²) >= 11 is 6.49. The first-order valence-corrected chi connectivity index (χ1v) is 7.24. The van der Waals surface area contributed by atoms with Gasteiger partial charge >= 0.3 is 0 Å². The molecule has 0 fully saturated rings. The van der Waals surface area contributed by atoms with Crippen molar-refractivity contribution in [2.45, 2.75) is 0 Å². The molecule has 1 aromatic heterocycles. The third-order valence-electron chi connectivity index (χ3n) is 3.16. The number of nitrogens with two attached hydrogens (primary N) is 1. The molecular formula is C16H10N2S2. The summed E-state index contributed by atoms with van der Waals surface area (Å²) in [6.07, 6.45) is 0. The van der Waals surface area contributed by atoms with Crippen LogP contribution in [0.1, 0.15) is 5.56 Å². The van der Waals surface area contributed by atoms with Crippen LogP contribution in [0.4, 0.5) is 5.00 Å². The number of nitriles is 1. The number of rotatable bonds is 1. The number of anilines is 1. The first-order valence-electron chi connectivity index (χ1n) is 6.02. The Balaban J connectivity index is 2.31. The maximum atomic E-state index is 9.31. The molecule has 3 rings (SSSR count). The van der Waals surface area contributed by atoms with Gasteiger partial charge in [0.2, 0.25) is 0 Å². The highest BCUT2D eigenvalue weighted by molar-refractivity contribution is 7.73. The standard InChI is InChI=1S/C16H10N2S2/c17-9-14-13(8-15(19)20-16(14)18)12-6-5-10-3-1-2-4-11(10)7-12/h1-8H,18H2. The Morgan fingerprint density at radius 3 is 2.55 bits per heavy atom. The third-order valence-corrected chi connectivity index (χ3v) is 4.27. The molecule has 0 bridgehead atoms. The number of nitrogens with zero attached hydrogens (tertiary/aromatic N) is 1. The SMILES string of the molecule is N#Cc1c(-c2ccc3ccccc3c2)cc(=S)sc1N. The summed E-state index contributed by atoms with van der Waals surface area (Å²) in [4.78, 5) is 0. The van der Waals surface area contributed by atoms with Gasteiger partial charge in [-0.15, -0.1) is 11.3 Å². The summed E-state index contributed by atoms with van der Waals surface area (Å²) in [5, 5.41) is 12.1. The number of hydrogen-bond donors (Lipinski definition) is 1. The molecule has 3 aromatic rings. The van der Waals surface area contributed by atoms with Gasteiger partial charge in [-0.05, 0) is 28.5 Å². The van der Waals surface area contributed by atoms with Crippen LogP contribution in [0.15, 0.2) is 48.5 Å². The van der Waals surface area contributed by atoms with E-state index in [9.17, 15) is 5.26 Å². The van der Waals surface area contributed by atoms with E-state index in [0.29, 0.717) is 14.4 Å². The summed E-state index contributed by atoms with van der Waals surface area (Å²) in [5.41, 5.74) is 8.18. The normalized spacial score (nSPS) is 10.3. The fraction of sp³-hybridized carbons (Fsp3) is 0. The number of fused-ring (bicyclic) bond motifs is 1. The van der Waals surface area contributed by atoms with Crippen molar-refractivity contribution in [2.24, 2.45) is 0 Å². The zero-order valence-corrected chi connectivity index (χ0v) is 12.1. The molecule has 2 aromatic carbocycles. The van der Waals surface area contributed by atoms with Gasteiger partial charge in [0.15, 0.2) is 0 Å². The van der Waals surface area contributed by atoms with Gasteiger partial charge in [0, 0.05) is 5.56 Å². The van der Waals surface area contributed by atoms with Crippen LogP contribution >= 0.6 is 23.6 Å². The minimum Gasteiger partial charge on any atom is -0.389 e. The zero-order valence-electron chi connectivity index (χ0n) is 10.5. The Hall–Kier alpha value is -2.22. The Labute approximate surface area is 125 Å². The molecule has 2 nitrogen and oxygen atoms in total. The molecule has 96 valence electrons. The molecule has 0 aliphatic rings. The van der Waals surface area contributed by atoms with Crippen LogP contribution in [0.3, 0.4) is 0 Å². The largest absolute Gasteiger partial charge is 0.389 e. The Bertz CT molecular complexity index is 904. The molecule has 1 heterocycles. The van der Waals surface area contributed by atoms with Crippen LogP contribution in [0, 0.1) is 15.2 Å². The van der Waals surface area contributed by atoms with E-state index in [0.717, 1.165) is 16.5 Å². The molecule has 0 radical (unpaired) electrons. The van der Waals surface area contributed by atoms with Gasteiger partial charge < -0.3 is 5.73 Å². The van der Waals surface area contributed by atoms with Gasteiger partial charge in [0.1, 0.15) is 11.1 Å². The topological polar surface area (TPSA) is 49.8 Å². The van der Waals surface area contributed by atoms with Crippen molar-refractivity contribution in [3.63, 3.8) is 0 Å². The van der Waals surface area contributed by atoms with Crippen LogP contribution in [0.2, 0.25) is 0 Å². The molecule has 4 heteroatoms. The van der Waals surface area contributed by atoms with Crippen LogP contribution < -0.4 is 5.73 Å². The molecule has 0 aliphatic heterocycles. The van der Waals surface area contributed by atoms with Crippen LogP contribution in [-0.4, -0.2) is 0 Å². The van der Waals surface area contributed by atoms with Crippen molar-refractivity contribution in [1.82, 2.24) is 0 Å². The van der Waals surface area contributed by atoms with E-state index in [2.05, 4.69) is 24.3 Å². The molecular weight excluding hydrogens is 284 g/mol. The highest BCUT2D eigenvalue weighted by atomic mass is 32.1. The van der Waals surface area contributed by atoms with Crippen LogP contribution in [0.5, 0.6) is 0 Å². The quantitative estimate of drug-likeness (QED) is 0.659. The second-order valence-corrected chi connectivity index (χ2v) is 6.17. The molecule has 2 N–H and O–H groups in total. The van der Waals surface area contributed by atoms with Crippen molar-refractivity contribution in [2.75, 3.05) is 5.73 Å². The summed E-state index contributed by atoms with van der Waals surface area (Å²) < 4.78 is 0.685. The molecule has 0 saturated carbocycles. The average molecular weight is 294 g/mol. The van der Waals surface area contributed by atoms with Crippen molar-refractivity contribution in [3.05, 3.63) is 57.9 Å². The van der Waals surface area contributed by atoms with E-state index in [1.165, 1.54) is 16.7 Å². The number of hydrogen-bond acceptors (Lipinski definition) is 4. The highest BCUT2D eigenvalue weighted by Gasteiger charge is 2.10. The Kier molecular flexibility index (Phi) is 3.23. The van der Waals surface area contributed by atoms with Crippen LogP contribution in [-0.2, 0) is 0 Å². The molecule has 20 heavy (non-hydrogen) atoms. The Morgan fingerprint density at radius 1 is 1.05 bits per heavy atom. The maximum Gasteiger partial charge on any atom is 0.106 e. The van der Waals surface area contributed by atoms with Gasteiger partial charge in [-0.1, -0.05) is 48.6 Å². The first kappa shape index (κ1) is 12.8. The molecule has 0 saturated heterocycles. The molecule has 0 unspecified atom stereocenters. The summed E-state index contributed by atoms with van der Waals surface area (Å²) in [7, 11) is 0. The van der Waals surface area contributed by atoms with Crippen molar-refractivity contribution in [3.8, 4) is 17.2 Å². The monoisotopic (exact) mass is 294 g/mol. The zero-order chi connectivity index (χ0) is 14.1. The van der Waals surface area contributed by atoms with E-state index < -0.39 is 0 Å². The third kappa shape index (κ3) is 2.18. The van der Waals surface area contributed by atoms with Crippen LogP contribution in [0.25, 0.3) is 21.9 Å². The molecule has 0 amide bonds. The average Bonchev–Trinajstić information content (AvgIpc) is 2.46. The van der Waals surface area contributed by atoms with Gasteiger partial charge in [-0.2, -0.15) is 5.26 Å². The smallest absolute Gasteiger partial charge is 0.106 e. The number of nitrogen functional groups attached to an aromatic ring is 1. The lowest BCUT2D eigenvalue weighted by atomic mass is 9.99. The second-order valence-electron chi connectivity index (χ2n) is 4.39. The minimum atomic E-state index is 0.475. The second kappa shape index (κ2) is 5.04. The summed E-state index contributed by atoms with van der Waals surface area (Å²) in [6.45, 7) is 0. The molecule has 0 aliphatic carbocycles. The van der Waals surface area contributed by atoms with Crippen molar-refractivity contribution < 1.29 is 0 Å². The predicted octanol–water partition coefficient (Wildman–Crippen LogP) is 4.75. The molecule has 0 spiro atoms. The number of benzene rings is 2. The Morgan fingerprint density at radius 2 is 1.80 bits per heavy atom. The van der Waals surface area contributed by atoms with Crippen molar-refractivity contribution in [1.29, 1.82) is 5.26 Å². The minimum absolute atomic E-state index is 0.475. The van der Waals surface area contributed by atoms with E-state index in [4.69, 9.17) is 18.0 Å². The van der Waals surface area contributed by atoms with E-state index in [1.807, 2.05) is 30.3 Å². The van der Waals surface area contributed by atoms with Gasteiger partial charge in [-0.25, -0.2) is 0 Å². The maximum absolute atomic E-state index is 9.31. The molecule has 0 atom stereocenters. The predicted molar refractivity (Wildman–Crippen MR) is 87.2 cm³/mol. The van der Waals surface area contributed by atoms with Gasteiger partial charge in [0.25, 0.3) is 0 Å².